The fraction of sp³-hybridized carbons (Fsp3) is 0.349. The molecule has 12 nitrogen and oxygen atoms in total. The molecule has 2 N–H and O–H groups in total. The van der Waals surface area contributed by atoms with Gasteiger partial charge in [0.1, 0.15) is 11.5 Å². The first-order valence-corrected chi connectivity index (χ1v) is 19.5. The number of halogens is 4. The summed E-state index contributed by atoms with van der Waals surface area (Å²) >= 11 is 0. The second-order valence-corrected chi connectivity index (χ2v) is 15.6. The van der Waals surface area contributed by atoms with Crippen molar-refractivity contribution >= 4 is 45.8 Å². The van der Waals surface area contributed by atoms with E-state index in [9.17, 15) is 19.2 Å². The van der Waals surface area contributed by atoms with Crippen molar-refractivity contribution in [2.24, 2.45) is 0 Å². The highest BCUT2D eigenvalue weighted by molar-refractivity contribution is 6.04. The van der Waals surface area contributed by atoms with E-state index >= 15 is 17.6 Å². The molecule has 0 spiro atoms. The third-order valence-electron chi connectivity index (χ3n) is 11.5. The number of amides is 4. The molecule has 0 saturated carbocycles. The van der Waals surface area contributed by atoms with Crippen LogP contribution in [0.2, 0.25) is 0 Å². The van der Waals surface area contributed by atoms with E-state index < -0.39 is 41.8 Å². The minimum absolute atomic E-state index is 0.0108. The Morgan fingerprint density at radius 2 is 1.75 bits per heavy atom. The van der Waals surface area contributed by atoms with E-state index in [1.54, 1.807) is 72.3 Å². The number of imide groups is 1. The number of hydrogen-bond acceptors (Lipinski definition) is 7. The first kappa shape index (κ1) is 39.5. The van der Waals surface area contributed by atoms with E-state index in [4.69, 9.17) is 0 Å². The van der Waals surface area contributed by atoms with E-state index in [-0.39, 0.29) is 79.0 Å². The molecule has 8 rings (SSSR count). The topological polar surface area (TPSA) is 137 Å². The van der Waals surface area contributed by atoms with Gasteiger partial charge >= 0.3 is 0 Å². The number of fused-ring (bicyclic) bond motifs is 1. The Morgan fingerprint density at radius 1 is 0.966 bits per heavy atom. The van der Waals surface area contributed by atoms with Crippen molar-refractivity contribution in [1.82, 2.24) is 35.1 Å². The van der Waals surface area contributed by atoms with Gasteiger partial charge in [-0.3, -0.25) is 29.2 Å². The van der Waals surface area contributed by atoms with Gasteiger partial charge in [-0.25, -0.2) is 17.6 Å². The number of benzene rings is 3. The number of nitrogens with zero attached hydrogens (tertiary/aromatic N) is 6. The summed E-state index contributed by atoms with van der Waals surface area (Å²) in [7, 11) is 3.18. The van der Waals surface area contributed by atoms with Crippen molar-refractivity contribution in [3.05, 3.63) is 107 Å². The van der Waals surface area contributed by atoms with Crippen molar-refractivity contribution in [2.45, 2.75) is 56.4 Å². The second-order valence-electron chi connectivity index (χ2n) is 15.6. The summed E-state index contributed by atoms with van der Waals surface area (Å²) in [5.41, 5.74) is 3.11. The summed E-state index contributed by atoms with van der Waals surface area (Å²) in [4.78, 5) is 57.5. The number of piperidine rings is 2. The van der Waals surface area contributed by atoms with Gasteiger partial charge in [0.2, 0.25) is 17.7 Å². The Balaban J connectivity index is 1.04. The number of H-pyrrole nitrogens is 1. The van der Waals surface area contributed by atoms with Crippen LogP contribution in [0.5, 0.6) is 0 Å². The lowest BCUT2D eigenvalue weighted by Gasteiger charge is -2.40. The zero-order valence-electron chi connectivity index (χ0n) is 32.5. The average Bonchev–Trinajstić information content (AvgIpc) is 3.91. The number of carbonyl (C=O) groups excluding carboxylic acids is 4. The van der Waals surface area contributed by atoms with Crippen molar-refractivity contribution in [3.8, 4) is 11.1 Å². The van der Waals surface area contributed by atoms with Crippen LogP contribution in [0.15, 0.2) is 73.1 Å². The van der Waals surface area contributed by atoms with E-state index in [1.165, 1.54) is 28.1 Å². The molecule has 3 aliphatic heterocycles. The molecule has 2 atom stereocenters. The van der Waals surface area contributed by atoms with E-state index in [2.05, 4.69) is 20.6 Å². The maximum Gasteiger partial charge on any atom is 0.272 e. The second kappa shape index (κ2) is 15.8. The average molecular weight is 811 g/mol. The molecule has 306 valence electrons. The fourth-order valence-corrected chi connectivity index (χ4v) is 8.42. The molecule has 2 fully saturated rings. The van der Waals surface area contributed by atoms with Crippen LogP contribution in [0.25, 0.3) is 27.6 Å². The zero-order chi connectivity index (χ0) is 41.6. The molecule has 59 heavy (non-hydrogen) atoms. The Morgan fingerprint density at radius 3 is 2.44 bits per heavy atom. The molecule has 4 amide bonds. The van der Waals surface area contributed by atoms with E-state index in [1.807, 2.05) is 6.08 Å². The number of aryl methyl sites for hydroxylation is 1. The smallest absolute Gasteiger partial charge is 0.272 e. The Kier molecular flexibility index (Phi) is 10.6. The maximum atomic E-state index is 16.5. The zero-order valence-corrected chi connectivity index (χ0v) is 32.5. The molecule has 2 aromatic heterocycles. The third-order valence-corrected chi connectivity index (χ3v) is 11.5. The van der Waals surface area contributed by atoms with Crippen molar-refractivity contribution in [3.63, 3.8) is 0 Å². The molecule has 2 saturated heterocycles. The van der Waals surface area contributed by atoms with Gasteiger partial charge in [-0.1, -0.05) is 41.6 Å². The highest BCUT2D eigenvalue weighted by atomic mass is 19.3. The molecule has 3 aliphatic rings. The maximum absolute atomic E-state index is 16.5. The number of aromatic nitrogens is 4. The predicted octanol–water partition coefficient (Wildman–Crippen LogP) is 6.26. The molecule has 5 aromatic rings. The van der Waals surface area contributed by atoms with Crippen LogP contribution in [-0.2, 0) is 20.9 Å². The van der Waals surface area contributed by atoms with Gasteiger partial charge in [-0.05, 0) is 71.4 Å². The van der Waals surface area contributed by atoms with Crippen LogP contribution in [0, 0.1) is 11.6 Å². The van der Waals surface area contributed by atoms with Crippen LogP contribution >= 0.6 is 0 Å². The lowest BCUT2D eigenvalue weighted by atomic mass is 9.84. The first-order valence-electron chi connectivity index (χ1n) is 19.5. The molecular formula is C43H42F4N8O4. The van der Waals surface area contributed by atoms with Crippen LogP contribution < -0.4 is 10.2 Å². The Labute approximate surface area is 336 Å². The van der Waals surface area contributed by atoms with Crippen molar-refractivity contribution in [1.29, 1.82) is 0 Å². The van der Waals surface area contributed by atoms with Gasteiger partial charge in [-0.2, -0.15) is 0 Å². The largest absolute Gasteiger partial charge is 0.363 e. The lowest BCUT2D eigenvalue weighted by molar-refractivity contribution is -0.134. The predicted molar refractivity (Wildman–Crippen MR) is 212 cm³/mol. The summed E-state index contributed by atoms with van der Waals surface area (Å²) in [5.74, 6) is -7.76. The fourth-order valence-electron chi connectivity index (χ4n) is 8.42. The van der Waals surface area contributed by atoms with Gasteiger partial charge in [0, 0.05) is 63.7 Å². The van der Waals surface area contributed by atoms with Crippen LogP contribution in [0.4, 0.5) is 23.2 Å². The number of rotatable bonds is 9. The highest BCUT2D eigenvalue weighted by Crippen LogP contribution is 2.44. The summed E-state index contributed by atoms with van der Waals surface area (Å²) in [6, 6.07) is 14.1. The monoisotopic (exact) mass is 810 g/mol. The molecule has 0 radical (unpaired) electrons. The molecule has 3 aromatic carbocycles. The molecule has 0 aliphatic carbocycles. The van der Waals surface area contributed by atoms with Crippen molar-refractivity contribution < 1.29 is 36.7 Å². The molecular weight excluding hydrogens is 769 g/mol. The number of alkyl halides is 2. The number of carbonyl (C=O) groups is 4. The van der Waals surface area contributed by atoms with Crippen molar-refractivity contribution in [2.75, 3.05) is 45.2 Å². The highest BCUT2D eigenvalue weighted by Gasteiger charge is 2.46. The third kappa shape index (κ3) is 7.82. The lowest BCUT2D eigenvalue weighted by Crippen LogP contribution is -2.47. The number of hydrogen-bond donors (Lipinski definition) is 2. The standard InChI is InChI=1S/C43H42F4N8O4/c1-52(2)42(59)35-22-32-30(21-31(39(45)40(32)49-35)28-4-3-16-53(23-28)38(57)14-18-55-19-15-48-51-55)25-5-7-26(8-6-25)33-13-17-54(24-43(33,46)47)36-11-9-27(20-34(36)44)29-10-12-37(56)50-41(29)58/h4-9,11,15,19-22,29,33,49H,3,10,12-14,16-18,23-24H2,1-2H3,(H,50,56,58)/t29?,33-/m1/s1. The van der Waals surface area contributed by atoms with Crippen LogP contribution in [0.3, 0.4) is 0 Å². The molecule has 5 heterocycles. The Bertz CT molecular complexity index is 2480. The van der Waals surface area contributed by atoms with E-state index in [0.29, 0.717) is 52.7 Å². The van der Waals surface area contributed by atoms with E-state index in [0.717, 1.165) is 0 Å². The minimum atomic E-state index is -3.24. The SMILES string of the molecule is CN(C)C(=O)c1cc2c(-c3ccc([C@H]4CCN(c5ccc(C6CCC(=O)NC6=O)cc5F)CC4(F)F)cc3)cc(C3=CCCN(C(=O)CCn4ccnn4)C3)c(F)c2[nH]1. The van der Waals surface area contributed by atoms with Crippen LogP contribution in [0.1, 0.15) is 71.1 Å². The van der Waals surface area contributed by atoms with Gasteiger partial charge < -0.3 is 19.7 Å². The summed E-state index contributed by atoms with van der Waals surface area (Å²) < 4.78 is 65.5. The summed E-state index contributed by atoms with van der Waals surface area (Å²) in [5, 5.41) is 10.4. The molecule has 0 bridgehead atoms. The van der Waals surface area contributed by atoms with Crippen LogP contribution in [-0.4, -0.2) is 99.6 Å². The Hall–Kier alpha value is -6.32. The first-order chi connectivity index (χ1) is 28.3. The quantitative estimate of drug-likeness (QED) is 0.133. The normalized spacial score (nSPS) is 19.5. The number of aromatic amines is 1. The minimum Gasteiger partial charge on any atom is -0.363 e. The summed E-state index contributed by atoms with van der Waals surface area (Å²) in [6.45, 7) is 0.419. The molecule has 16 heteroatoms. The van der Waals surface area contributed by atoms with Gasteiger partial charge in [-0.15, -0.1) is 5.10 Å². The van der Waals surface area contributed by atoms with Gasteiger partial charge in [0.05, 0.1) is 42.3 Å². The number of nitrogens with one attached hydrogen (secondary N) is 2. The van der Waals surface area contributed by atoms with Gasteiger partial charge in [0.25, 0.3) is 11.8 Å². The van der Waals surface area contributed by atoms with Gasteiger partial charge in [0.15, 0.2) is 5.82 Å². The molecule has 1 unspecified atom stereocenters. The summed E-state index contributed by atoms with van der Waals surface area (Å²) in [6.07, 6.45) is 6.22. The number of anilines is 1.